The van der Waals surface area contributed by atoms with Gasteiger partial charge in [0.15, 0.2) is 8.68 Å². The summed E-state index contributed by atoms with van der Waals surface area (Å²) < 4.78 is 28.5. The number of rotatable bonds is 6. The van der Waals surface area contributed by atoms with Crippen molar-refractivity contribution in [1.29, 1.82) is 0 Å². The van der Waals surface area contributed by atoms with Crippen molar-refractivity contribution in [2.45, 2.75) is 24.1 Å². The van der Waals surface area contributed by atoms with Crippen molar-refractivity contribution in [3.8, 4) is 0 Å². The Kier molecular flexibility index (Phi) is 4.50. The molecule has 0 fully saturated rings. The third-order valence-corrected chi connectivity index (χ3v) is 5.63. The van der Waals surface area contributed by atoms with Crippen LogP contribution in [-0.4, -0.2) is 34.9 Å². The van der Waals surface area contributed by atoms with E-state index in [4.69, 9.17) is 11.6 Å². The Labute approximate surface area is 119 Å². The van der Waals surface area contributed by atoms with Gasteiger partial charge in [-0.1, -0.05) is 28.2 Å². The van der Waals surface area contributed by atoms with Gasteiger partial charge in [-0.2, -0.15) is 0 Å². The summed E-state index contributed by atoms with van der Waals surface area (Å²) in [5.41, 5.74) is 0.416. The van der Waals surface area contributed by atoms with Crippen molar-refractivity contribution < 1.29 is 8.42 Å². The number of aromatic nitrogens is 4. The van der Waals surface area contributed by atoms with Crippen molar-refractivity contribution in [1.82, 2.24) is 24.7 Å². The highest BCUT2D eigenvalue weighted by molar-refractivity contribution is 7.91. The van der Waals surface area contributed by atoms with Crippen molar-refractivity contribution >= 4 is 33.0 Å². The summed E-state index contributed by atoms with van der Waals surface area (Å²) in [4.78, 5) is 3.89. The second-order valence-corrected chi connectivity index (χ2v) is 7.30. The number of sulfonamides is 1. The highest BCUT2D eigenvalue weighted by atomic mass is 35.5. The van der Waals surface area contributed by atoms with Crippen molar-refractivity contribution in [2.24, 2.45) is 0 Å². The zero-order valence-electron chi connectivity index (χ0n) is 10.1. The first-order valence-electron chi connectivity index (χ1n) is 5.46. The van der Waals surface area contributed by atoms with Gasteiger partial charge in [0.2, 0.25) is 0 Å². The second kappa shape index (κ2) is 5.95. The van der Waals surface area contributed by atoms with Crippen LogP contribution in [0.5, 0.6) is 0 Å². The van der Waals surface area contributed by atoms with E-state index in [1.807, 2.05) is 0 Å². The number of hydrogen-bond acceptors (Lipinski definition) is 6. The Bertz CT molecular complexity index is 638. The lowest BCUT2D eigenvalue weighted by molar-refractivity contribution is 0.543. The first-order chi connectivity index (χ1) is 8.99. The quantitative estimate of drug-likeness (QED) is 0.804. The molecule has 0 atom stereocenters. The molecule has 0 aromatic carbocycles. The van der Waals surface area contributed by atoms with Gasteiger partial charge in [0, 0.05) is 19.3 Å². The molecule has 7 nitrogen and oxygen atoms in total. The van der Waals surface area contributed by atoms with Crippen LogP contribution < -0.4 is 4.72 Å². The van der Waals surface area contributed by atoms with Crippen LogP contribution in [0.2, 0.25) is 4.47 Å². The molecule has 0 spiro atoms. The summed E-state index contributed by atoms with van der Waals surface area (Å²) in [5, 5.41) is 7.45. The summed E-state index contributed by atoms with van der Waals surface area (Å²) in [5.74, 6) is 0. The van der Waals surface area contributed by atoms with Crippen LogP contribution in [0.15, 0.2) is 16.6 Å². The minimum absolute atomic E-state index is 0.165. The lowest BCUT2D eigenvalue weighted by Gasteiger charge is -2.05. The Morgan fingerprint density at radius 3 is 2.89 bits per heavy atom. The van der Waals surface area contributed by atoms with Gasteiger partial charge in [-0.05, 0) is 13.3 Å². The van der Waals surface area contributed by atoms with Gasteiger partial charge in [0.05, 0.1) is 11.9 Å². The molecule has 104 valence electrons. The first-order valence-corrected chi connectivity index (χ1v) is 8.13. The van der Waals surface area contributed by atoms with Crippen molar-refractivity contribution in [3.63, 3.8) is 0 Å². The van der Waals surface area contributed by atoms with Gasteiger partial charge in [-0.25, -0.2) is 18.1 Å². The van der Waals surface area contributed by atoms with E-state index in [1.54, 1.807) is 24.0 Å². The molecule has 0 aliphatic heterocycles. The Balaban J connectivity index is 1.89. The predicted octanol–water partition coefficient (Wildman–Crippen LogP) is 1.07. The second-order valence-electron chi connectivity index (χ2n) is 3.76. The fraction of sp³-hybridized carbons (Fsp3) is 0.444. The van der Waals surface area contributed by atoms with Crippen molar-refractivity contribution in [3.05, 3.63) is 22.6 Å². The molecule has 0 radical (unpaired) electrons. The molecular weight excluding hydrogens is 310 g/mol. The Morgan fingerprint density at radius 2 is 2.32 bits per heavy atom. The van der Waals surface area contributed by atoms with Gasteiger partial charge in [0.1, 0.15) is 0 Å². The zero-order chi connectivity index (χ0) is 13.9. The van der Waals surface area contributed by atoms with Crippen LogP contribution in [0.25, 0.3) is 0 Å². The number of halogens is 1. The molecule has 0 unspecified atom stereocenters. The highest BCUT2D eigenvalue weighted by Gasteiger charge is 2.20. The van der Waals surface area contributed by atoms with Crippen LogP contribution in [0, 0.1) is 6.92 Å². The van der Waals surface area contributed by atoms with E-state index in [1.165, 1.54) is 0 Å². The minimum atomic E-state index is -3.53. The van der Waals surface area contributed by atoms with E-state index < -0.39 is 10.0 Å². The number of nitrogens with one attached hydrogen (secondary N) is 1. The fourth-order valence-corrected chi connectivity index (χ4v) is 4.32. The molecule has 0 bridgehead atoms. The lowest BCUT2D eigenvalue weighted by atomic mass is 10.4. The van der Waals surface area contributed by atoms with Crippen LogP contribution in [0.1, 0.15) is 12.1 Å². The Morgan fingerprint density at radius 1 is 1.53 bits per heavy atom. The zero-order valence-corrected chi connectivity index (χ0v) is 12.5. The van der Waals surface area contributed by atoms with Gasteiger partial charge in [-0.15, -0.1) is 5.10 Å². The summed E-state index contributed by atoms with van der Waals surface area (Å²) in [6.45, 7) is 2.54. The van der Waals surface area contributed by atoms with E-state index in [-0.39, 0.29) is 8.68 Å². The maximum atomic E-state index is 12.0. The number of nitrogens with zero attached hydrogens (tertiary/aromatic N) is 4. The standard InChI is InChI=1S/C9H12ClN5O2S2/c1-7-8(18-9(10)13-7)19(16,17)12-3-2-5-15-6-4-11-14-15/h4,6,12H,2-3,5H2,1H3. The maximum absolute atomic E-state index is 12.0. The van der Waals surface area contributed by atoms with E-state index >= 15 is 0 Å². The minimum Gasteiger partial charge on any atom is -0.253 e. The molecule has 2 rings (SSSR count). The third-order valence-electron chi connectivity index (χ3n) is 2.30. The van der Waals surface area contributed by atoms with E-state index in [9.17, 15) is 8.42 Å². The van der Waals surface area contributed by atoms with Crippen LogP contribution in [0.3, 0.4) is 0 Å². The van der Waals surface area contributed by atoms with Crippen molar-refractivity contribution in [2.75, 3.05) is 6.54 Å². The highest BCUT2D eigenvalue weighted by Crippen LogP contribution is 2.26. The normalized spacial score (nSPS) is 11.9. The molecule has 2 aromatic rings. The van der Waals surface area contributed by atoms with Gasteiger partial charge in [-0.3, -0.25) is 4.68 Å². The summed E-state index contributed by atoms with van der Waals surface area (Å²) in [6.07, 6.45) is 3.92. The first kappa shape index (κ1) is 14.4. The van der Waals surface area contributed by atoms with E-state index in [0.717, 1.165) is 11.3 Å². The molecule has 0 aliphatic rings. The largest absolute Gasteiger partial charge is 0.253 e. The van der Waals surface area contributed by atoms with Crippen LogP contribution in [-0.2, 0) is 16.6 Å². The smallest absolute Gasteiger partial charge is 0.251 e. The fourth-order valence-electron chi connectivity index (χ4n) is 1.47. The number of hydrogen-bond donors (Lipinski definition) is 1. The van der Waals surface area contributed by atoms with E-state index in [2.05, 4.69) is 20.0 Å². The van der Waals surface area contributed by atoms with Gasteiger partial charge < -0.3 is 0 Å². The molecule has 1 N–H and O–H groups in total. The number of aryl methyl sites for hydroxylation is 2. The van der Waals surface area contributed by atoms with Gasteiger partial charge >= 0.3 is 0 Å². The van der Waals surface area contributed by atoms with Crippen LogP contribution >= 0.6 is 22.9 Å². The molecule has 10 heteroatoms. The SMILES string of the molecule is Cc1nc(Cl)sc1S(=O)(=O)NCCCn1ccnn1. The molecule has 0 saturated carbocycles. The Hall–Kier alpha value is -1.03. The van der Waals surface area contributed by atoms with E-state index in [0.29, 0.717) is 25.2 Å². The third kappa shape index (κ3) is 3.72. The molecule has 0 saturated heterocycles. The maximum Gasteiger partial charge on any atom is 0.251 e. The molecule has 0 amide bonds. The lowest BCUT2D eigenvalue weighted by Crippen LogP contribution is -2.25. The average Bonchev–Trinajstić information content (AvgIpc) is 2.94. The van der Waals surface area contributed by atoms with Crippen LogP contribution in [0.4, 0.5) is 0 Å². The molecule has 0 aliphatic carbocycles. The predicted molar refractivity (Wildman–Crippen MR) is 71.7 cm³/mol. The summed E-state index contributed by atoms with van der Waals surface area (Å²) in [6, 6.07) is 0. The average molecular weight is 322 g/mol. The summed E-state index contributed by atoms with van der Waals surface area (Å²) >= 11 is 6.65. The monoisotopic (exact) mass is 321 g/mol. The number of thiazole rings is 1. The molecular formula is C9H12ClN5O2S2. The van der Waals surface area contributed by atoms with Gasteiger partial charge in [0.25, 0.3) is 10.0 Å². The topological polar surface area (TPSA) is 89.8 Å². The summed E-state index contributed by atoms with van der Waals surface area (Å²) in [7, 11) is -3.53. The molecule has 19 heavy (non-hydrogen) atoms. The molecule has 2 aromatic heterocycles. The molecule has 2 heterocycles.